The number of halogens is 3. The van der Waals surface area contributed by atoms with Gasteiger partial charge in [-0.25, -0.2) is 9.97 Å². The molecule has 0 spiro atoms. The highest BCUT2D eigenvalue weighted by Gasteiger charge is 2.35. The molecule has 1 atom stereocenters. The van der Waals surface area contributed by atoms with Gasteiger partial charge in [0.15, 0.2) is 0 Å². The summed E-state index contributed by atoms with van der Waals surface area (Å²) < 4.78 is 43.1. The van der Waals surface area contributed by atoms with Crippen LogP contribution in [0.15, 0.2) is 6.07 Å². The number of nitrogens with two attached hydrogens (primary N) is 1. The van der Waals surface area contributed by atoms with Gasteiger partial charge in [0.25, 0.3) is 0 Å². The number of anilines is 2. The largest absolute Gasteiger partial charge is 0.451 e. The highest BCUT2D eigenvalue weighted by atomic mass is 19.4. The van der Waals surface area contributed by atoms with Crippen molar-refractivity contribution in [1.82, 2.24) is 9.97 Å². The van der Waals surface area contributed by atoms with E-state index in [0.29, 0.717) is 13.2 Å². The second-order valence-electron chi connectivity index (χ2n) is 4.75. The van der Waals surface area contributed by atoms with E-state index in [4.69, 9.17) is 10.5 Å². The first-order valence-corrected chi connectivity index (χ1v) is 5.88. The molecule has 0 aliphatic carbocycles. The molecule has 0 saturated carbocycles. The van der Waals surface area contributed by atoms with Gasteiger partial charge >= 0.3 is 6.18 Å². The lowest BCUT2D eigenvalue weighted by molar-refractivity contribution is -0.144. The van der Waals surface area contributed by atoms with Gasteiger partial charge in [0.05, 0.1) is 5.60 Å². The number of alkyl halides is 3. The monoisotopic (exact) mass is 276 g/mol. The van der Waals surface area contributed by atoms with Gasteiger partial charge in [-0.2, -0.15) is 13.2 Å². The van der Waals surface area contributed by atoms with Crippen LogP contribution in [0.3, 0.4) is 0 Å². The topological polar surface area (TPSA) is 73.1 Å². The van der Waals surface area contributed by atoms with Crippen LogP contribution in [-0.2, 0) is 10.9 Å². The smallest absolute Gasteiger partial charge is 0.384 e. The Bertz CT molecular complexity index is 458. The molecule has 106 valence electrons. The van der Waals surface area contributed by atoms with Crippen molar-refractivity contribution >= 4 is 11.6 Å². The minimum atomic E-state index is -4.61. The Morgan fingerprint density at radius 2 is 2.21 bits per heavy atom. The molecule has 0 radical (unpaired) electrons. The average molecular weight is 276 g/mol. The second kappa shape index (κ2) is 4.84. The zero-order chi connectivity index (χ0) is 14.1. The van der Waals surface area contributed by atoms with Crippen LogP contribution in [0.1, 0.15) is 25.6 Å². The van der Waals surface area contributed by atoms with Gasteiger partial charge < -0.3 is 15.8 Å². The number of nitrogens with one attached hydrogen (secondary N) is 1. The van der Waals surface area contributed by atoms with Crippen molar-refractivity contribution in [2.24, 2.45) is 0 Å². The lowest BCUT2D eigenvalue weighted by Gasteiger charge is -2.23. The number of nitrogens with zero attached hydrogens (tertiary/aromatic N) is 2. The van der Waals surface area contributed by atoms with Gasteiger partial charge in [0, 0.05) is 19.2 Å². The predicted octanol–water partition coefficient (Wildman–Crippen LogP) is 2.06. The second-order valence-corrected chi connectivity index (χ2v) is 4.75. The predicted molar refractivity (Wildman–Crippen MR) is 63.5 cm³/mol. The van der Waals surface area contributed by atoms with Crippen molar-refractivity contribution < 1.29 is 17.9 Å². The first kappa shape index (κ1) is 13.9. The van der Waals surface area contributed by atoms with Crippen molar-refractivity contribution in [2.75, 3.05) is 24.2 Å². The average Bonchev–Trinajstić information content (AvgIpc) is 2.72. The third kappa shape index (κ3) is 3.46. The summed E-state index contributed by atoms with van der Waals surface area (Å²) in [7, 11) is 0. The fourth-order valence-corrected chi connectivity index (χ4v) is 1.94. The molecule has 5 nitrogen and oxygen atoms in total. The maximum Gasteiger partial charge on any atom is 0.451 e. The molecule has 0 bridgehead atoms. The summed E-state index contributed by atoms with van der Waals surface area (Å²) in [5.41, 5.74) is 4.97. The summed E-state index contributed by atoms with van der Waals surface area (Å²) in [6.45, 7) is 2.95. The number of ether oxygens (including phenoxy) is 1. The van der Waals surface area contributed by atoms with Crippen LogP contribution in [0.4, 0.5) is 24.8 Å². The summed E-state index contributed by atoms with van der Waals surface area (Å²) >= 11 is 0. The van der Waals surface area contributed by atoms with Crippen molar-refractivity contribution in [3.63, 3.8) is 0 Å². The highest BCUT2D eigenvalue weighted by molar-refractivity contribution is 5.45. The summed E-state index contributed by atoms with van der Waals surface area (Å²) in [6, 6.07) is 1.27. The van der Waals surface area contributed by atoms with Crippen LogP contribution < -0.4 is 11.1 Å². The van der Waals surface area contributed by atoms with E-state index in [1.165, 1.54) is 6.07 Å². The van der Waals surface area contributed by atoms with Crippen LogP contribution >= 0.6 is 0 Å². The Kier molecular flexibility index (Phi) is 3.53. The summed E-state index contributed by atoms with van der Waals surface area (Å²) in [5, 5.41) is 2.82. The normalized spacial score (nSPS) is 23.6. The molecular weight excluding hydrogens is 261 g/mol. The zero-order valence-corrected chi connectivity index (χ0v) is 10.4. The van der Waals surface area contributed by atoms with Gasteiger partial charge in [-0.05, 0) is 19.8 Å². The van der Waals surface area contributed by atoms with E-state index in [1.54, 1.807) is 0 Å². The van der Waals surface area contributed by atoms with Crippen LogP contribution in [0.2, 0.25) is 0 Å². The molecule has 1 fully saturated rings. The molecule has 8 heteroatoms. The summed E-state index contributed by atoms with van der Waals surface area (Å²) in [5.74, 6) is -1.41. The molecule has 19 heavy (non-hydrogen) atoms. The Morgan fingerprint density at radius 1 is 1.47 bits per heavy atom. The number of rotatable bonds is 3. The first-order chi connectivity index (χ1) is 8.78. The SMILES string of the molecule is CC1(CNc2cc(N)nc(C(F)(F)F)n2)CCCO1. The number of hydrogen-bond donors (Lipinski definition) is 2. The molecule has 1 aromatic heterocycles. The fraction of sp³-hybridized carbons (Fsp3) is 0.636. The van der Waals surface area contributed by atoms with E-state index in [-0.39, 0.29) is 17.2 Å². The Hall–Kier alpha value is -1.57. The lowest BCUT2D eigenvalue weighted by atomic mass is 10.0. The van der Waals surface area contributed by atoms with Crippen molar-refractivity contribution in [1.29, 1.82) is 0 Å². The molecule has 1 aliphatic rings. The number of aromatic nitrogens is 2. The fourth-order valence-electron chi connectivity index (χ4n) is 1.94. The molecule has 1 aromatic rings. The third-order valence-electron chi connectivity index (χ3n) is 2.94. The highest BCUT2D eigenvalue weighted by Crippen LogP contribution is 2.29. The molecule has 3 N–H and O–H groups in total. The lowest BCUT2D eigenvalue weighted by Crippen LogP contribution is -2.33. The van der Waals surface area contributed by atoms with E-state index in [9.17, 15) is 13.2 Å². The molecule has 1 saturated heterocycles. The summed E-state index contributed by atoms with van der Waals surface area (Å²) in [6.07, 6.45) is -2.82. The minimum Gasteiger partial charge on any atom is -0.384 e. The maximum absolute atomic E-state index is 12.5. The van der Waals surface area contributed by atoms with Crippen LogP contribution in [0.25, 0.3) is 0 Å². The number of hydrogen-bond acceptors (Lipinski definition) is 5. The van der Waals surface area contributed by atoms with Crippen LogP contribution in [0.5, 0.6) is 0 Å². The van der Waals surface area contributed by atoms with E-state index in [2.05, 4.69) is 15.3 Å². The minimum absolute atomic E-state index is 0.0524. The quantitative estimate of drug-likeness (QED) is 0.884. The van der Waals surface area contributed by atoms with Crippen LogP contribution in [0, 0.1) is 0 Å². The van der Waals surface area contributed by atoms with Crippen molar-refractivity contribution in [3.05, 3.63) is 11.9 Å². The van der Waals surface area contributed by atoms with Crippen molar-refractivity contribution in [3.8, 4) is 0 Å². The van der Waals surface area contributed by atoms with Gasteiger partial charge in [-0.1, -0.05) is 0 Å². The molecule has 0 aromatic carbocycles. The van der Waals surface area contributed by atoms with E-state index in [0.717, 1.165) is 12.8 Å². The number of nitrogen functional groups attached to an aromatic ring is 1. The van der Waals surface area contributed by atoms with Crippen LogP contribution in [-0.4, -0.2) is 28.7 Å². The Labute approximate surface area is 108 Å². The Morgan fingerprint density at radius 3 is 2.79 bits per heavy atom. The first-order valence-electron chi connectivity index (χ1n) is 5.88. The third-order valence-corrected chi connectivity index (χ3v) is 2.94. The molecule has 0 amide bonds. The van der Waals surface area contributed by atoms with Gasteiger partial charge in [0.1, 0.15) is 11.6 Å². The van der Waals surface area contributed by atoms with E-state index in [1.807, 2.05) is 6.92 Å². The van der Waals surface area contributed by atoms with Gasteiger partial charge in [0.2, 0.25) is 5.82 Å². The zero-order valence-electron chi connectivity index (χ0n) is 10.4. The maximum atomic E-state index is 12.5. The molecule has 2 heterocycles. The van der Waals surface area contributed by atoms with Gasteiger partial charge in [-0.15, -0.1) is 0 Å². The van der Waals surface area contributed by atoms with Gasteiger partial charge in [-0.3, -0.25) is 0 Å². The molecule has 2 rings (SSSR count). The summed E-state index contributed by atoms with van der Waals surface area (Å²) in [4.78, 5) is 6.59. The molecule has 1 aliphatic heterocycles. The standard InChI is InChI=1S/C11H15F3N4O/c1-10(3-2-4-19-10)6-16-8-5-7(15)17-9(18-8)11(12,13)14/h5H,2-4,6H2,1H3,(H3,15,16,17,18). The Balaban J connectivity index is 2.10. The molecule has 1 unspecified atom stereocenters. The van der Waals surface area contributed by atoms with E-state index >= 15 is 0 Å². The molecular formula is C11H15F3N4O. The van der Waals surface area contributed by atoms with E-state index < -0.39 is 12.0 Å². The van der Waals surface area contributed by atoms with Crippen molar-refractivity contribution in [2.45, 2.75) is 31.5 Å².